The van der Waals surface area contributed by atoms with Gasteiger partial charge in [0.1, 0.15) is 0 Å². The van der Waals surface area contributed by atoms with Gasteiger partial charge < -0.3 is 9.45 Å². The summed E-state index contributed by atoms with van der Waals surface area (Å²) < 4.78 is 58.5. The van der Waals surface area contributed by atoms with Crippen LogP contribution in [0.25, 0.3) is 0 Å². The number of carbonyl (C=O) groups excluding carboxylic acids is 1. The van der Waals surface area contributed by atoms with Gasteiger partial charge in [0.05, 0.1) is 5.75 Å². The number of sulfonamides is 1. The summed E-state index contributed by atoms with van der Waals surface area (Å²) in [4.78, 5) is 13.9. The minimum Gasteiger partial charge on any atom is -0.731 e. The fourth-order valence-electron chi connectivity index (χ4n) is 2.36. The van der Waals surface area contributed by atoms with Gasteiger partial charge in [-0.05, 0) is 31.2 Å². The molecule has 1 N–H and O–H groups in total. The molecule has 1 heterocycles. The fraction of sp³-hybridized carbons (Fsp3) is 0.462. The van der Waals surface area contributed by atoms with Gasteiger partial charge in [0.25, 0.3) is 5.91 Å². The van der Waals surface area contributed by atoms with Crippen LogP contribution >= 0.6 is 0 Å². The second kappa shape index (κ2) is 8.80. The van der Waals surface area contributed by atoms with Crippen molar-refractivity contribution in [2.75, 3.05) is 36.7 Å². The third-order valence-electron chi connectivity index (χ3n) is 3.66. The van der Waals surface area contributed by atoms with Crippen LogP contribution in [0.1, 0.15) is 17.3 Å². The van der Waals surface area contributed by atoms with Crippen molar-refractivity contribution in [3.63, 3.8) is 0 Å². The topological polar surface area (TPSA) is 127 Å². The van der Waals surface area contributed by atoms with E-state index in [1.807, 2.05) is 0 Å². The van der Waals surface area contributed by atoms with Crippen molar-refractivity contribution in [3.8, 4) is 0 Å². The van der Waals surface area contributed by atoms with Gasteiger partial charge in [0.15, 0.2) is 10.3 Å². The van der Waals surface area contributed by atoms with Crippen LogP contribution in [0.2, 0.25) is 0 Å². The van der Waals surface area contributed by atoms with Crippen molar-refractivity contribution in [3.05, 3.63) is 29.8 Å². The molecule has 0 spiro atoms. The first kappa shape index (κ1) is 22.4. The van der Waals surface area contributed by atoms with E-state index >= 15 is 0 Å². The van der Waals surface area contributed by atoms with Gasteiger partial charge in [-0.3, -0.25) is 9.52 Å². The smallest absolute Gasteiger partial charge is 0.731 e. The monoisotopic (exact) mass is 399 g/mol. The first-order chi connectivity index (χ1) is 11.1. The summed E-state index contributed by atoms with van der Waals surface area (Å²) in [6.07, 6.45) is 0. The van der Waals surface area contributed by atoms with E-state index in [4.69, 9.17) is 0 Å². The van der Waals surface area contributed by atoms with E-state index in [9.17, 15) is 26.2 Å². The van der Waals surface area contributed by atoms with Crippen molar-refractivity contribution in [2.45, 2.75) is 6.92 Å². The van der Waals surface area contributed by atoms with Gasteiger partial charge in [-0.2, -0.15) is 4.31 Å². The van der Waals surface area contributed by atoms with Crippen LogP contribution in [0.5, 0.6) is 0 Å². The van der Waals surface area contributed by atoms with Crippen molar-refractivity contribution in [1.29, 1.82) is 0 Å². The molecule has 2 rings (SSSR count). The van der Waals surface area contributed by atoms with E-state index < -0.39 is 20.3 Å². The molecule has 0 atom stereocenters. The SMILES string of the molecule is CCS(=O)(=O)N1CCN(C(=O)c2ccc(NS(=O)(=O)[O-])cc2)CC1.[Na+]. The maximum Gasteiger partial charge on any atom is 1.00 e. The Morgan fingerprint density at radius 1 is 1.08 bits per heavy atom. The summed E-state index contributed by atoms with van der Waals surface area (Å²) in [7, 11) is -7.87. The van der Waals surface area contributed by atoms with Crippen molar-refractivity contribution in [1.82, 2.24) is 9.21 Å². The first-order valence-corrected chi connectivity index (χ1v) is 10.2. The Morgan fingerprint density at radius 3 is 2.04 bits per heavy atom. The summed E-state index contributed by atoms with van der Waals surface area (Å²) in [6, 6.07) is 5.46. The van der Waals surface area contributed by atoms with Crippen molar-refractivity contribution in [2.24, 2.45) is 0 Å². The molecule has 25 heavy (non-hydrogen) atoms. The van der Waals surface area contributed by atoms with E-state index in [1.165, 1.54) is 33.5 Å². The minimum absolute atomic E-state index is 0. The van der Waals surface area contributed by atoms with Crippen LogP contribution in [0.15, 0.2) is 24.3 Å². The van der Waals surface area contributed by atoms with Crippen molar-refractivity contribution < 1.29 is 55.7 Å². The Morgan fingerprint density at radius 2 is 1.60 bits per heavy atom. The summed E-state index contributed by atoms with van der Waals surface area (Å²) >= 11 is 0. The zero-order valence-electron chi connectivity index (χ0n) is 14.0. The molecule has 1 aliphatic heterocycles. The molecular formula is C13H18N3NaO6S2. The summed E-state index contributed by atoms with van der Waals surface area (Å²) in [5, 5.41) is 0. The van der Waals surface area contributed by atoms with Gasteiger partial charge in [-0.1, -0.05) is 0 Å². The second-order valence-corrected chi connectivity index (χ2v) is 8.60. The van der Waals surface area contributed by atoms with Crippen LogP contribution < -0.4 is 34.3 Å². The van der Waals surface area contributed by atoms with Crippen LogP contribution in [0.3, 0.4) is 0 Å². The largest absolute Gasteiger partial charge is 1.00 e. The molecule has 0 aromatic heterocycles. The van der Waals surface area contributed by atoms with E-state index in [1.54, 1.807) is 11.6 Å². The molecule has 1 aromatic rings. The molecule has 12 heteroatoms. The van der Waals surface area contributed by atoms with E-state index in [0.29, 0.717) is 5.56 Å². The Balaban J connectivity index is 0.00000312. The third kappa shape index (κ3) is 6.20. The standard InChI is InChI=1S/C13H19N3O6S2.Na/c1-2-23(18,19)16-9-7-15(8-10-16)13(17)11-3-5-12(6-4-11)14-24(20,21)22;/h3-6,14H,2,7-10H2,1H3,(H,20,21,22);/q;+1/p-1. The van der Waals surface area contributed by atoms with E-state index in [-0.39, 0.29) is 73.1 Å². The molecule has 1 aromatic carbocycles. The minimum atomic E-state index is -4.61. The third-order valence-corrected chi connectivity index (χ3v) is 6.03. The average Bonchev–Trinajstić information content (AvgIpc) is 2.53. The number of nitrogens with one attached hydrogen (secondary N) is 1. The molecule has 0 bridgehead atoms. The number of benzene rings is 1. The summed E-state index contributed by atoms with van der Waals surface area (Å²) in [5.74, 6) is -0.252. The van der Waals surface area contributed by atoms with E-state index in [0.717, 1.165) is 0 Å². The predicted molar refractivity (Wildman–Crippen MR) is 86.7 cm³/mol. The number of anilines is 1. The molecule has 134 valence electrons. The number of amides is 1. The average molecular weight is 399 g/mol. The van der Waals surface area contributed by atoms with Gasteiger partial charge >= 0.3 is 29.6 Å². The Kier molecular flexibility index (Phi) is 7.87. The van der Waals surface area contributed by atoms with Crippen molar-refractivity contribution >= 4 is 31.9 Å². The molecular weight excluding hydrogens is 381 g/mol. The van der Waals surface area contributed by atoms with Crippen LogP contribution in [-0.2, 0) is 20.3 Å². The Labute approximate surface area is 169 Å². The molecule has 1 aliphatic rings. The normalized spacial score (nSPS) is 16.2. The number of piperazine rings is 1. The molecule has 9 nitrogen and oxygen atoms in total. The quantitative estimate of drug-likeness (QED) is 0.408. The van der Waals surface area contributed by atoms with Gasteiger partial charge in [-0.25, -0.2) is 16.8 Å². The molecule has 0 unspecified atom stereocenters. The van der Waals surface area contributed by atoms with Crippen LogP contribution in [0, 0.1) is 0 Å². The van der Waals surface area contributed by atoms with Gasteiger partial charge in [0, 0.05) is 37.4 Å². The maximum absolute atomic E-state index is 12.4. The molecule has 1 saturated heterocycles. The number of rotatable bonds is 5. The molecule has 0 radical (unpaired) electrons. The zero-order chi connectivity index (χ0) is 18.0. The van der Waals surface area contributed by atoms with E-state index in [2.05, 4.69) is 0 Å². The molecule has 1 amide bonds. The number of carbonyl (C=O) groups is 1. The Bertz CT molecular complexity index is 803. The van der Waals surface area contributed by atoms with Crippen LogP contribution in [-0.4, -0.2) is 68.4 Å². The number of hydrogen-bond acceptors (Lipinski definition) is 6. The molecule has 0 saturated carbocycles. The predicted octanol–water partition coefficient (Wildman–Crippen LogP) is -3.33. The molecule has 0 aliphatic carbocycles. The maximum atomic E-state index is 12.4. The Hall–Kier alpha value is -0.690. The number of nitrogens with zero attached hydrogens (tertiary/aromatic N) is 2. The second-order valence-electron chi connectivity index (χ2n) is 5.23. The fourth-order valence-corrected chi connectivity index (χ4v) is 3.87. The van der Waals surface area contributed by atoms with Gasteiger partial charge in [-0.15, -0.1) is 0 Å². The van der Waals surface area contributed by atoms with Gasteiger partial charge in [0.2, 0.25) is 10.0 Å². The molecule has 1 fully saturated rings. The zero-order valence-corrected chi connectivity index (χ0v) is 17.6. The first-order valence-electron chi connectivity index (χ1n) is 7.23. The summed E-state index contributed by atoms with van der Waals surface area (Å²) in [5.41, 5.74) is 0.399. The van der Waals surface area contributed by atoms with Crippen LogP contribution in [0.4, 0.5) is 5.69 Å². The number of hydrogen-bond donors (Lipinski definition) is 1. The summed E-state index contributed by atoms with van der Waals surface area (Å²) in [6.45, 7) is 2.64.